The molecule has 0 aliphatic rings. The van der Waals surface area contributed by atoms with Crippen molar-refractivity contribution in [3.8, 4) is 5.82 Å². The molecule has 0 radical (unpaired) electrons. The SMILES string of the molecule is CCCNCc1cc2ccccc2c(-n2cncn2)n1. The lowest BCUT2D eigenvalue weighted by Crippen LogP contribution is -2.15. The molecular weight excluding hydrogens is 250 g/mol. The highest BCUT2D eigenvalue weighted by atomic mass is 15.3. The summed E-state index contributed by atoms with van der Waals surface area (Å²) in [5.41, 5.74) is 1.02. The minimum absolute atomic E-state index is 0.764. The molecule has 1 N–H and O–H groups in total. The highest BCUT2D eigenvalue weighted by Gasteiger charge is 2.08. The molecule has 0 fully saturated rings. The quantitative estimate of drug-likeness (QED) is 0.721. The molecule has 3 aromatic rings. The molecule has 0 saturated carbocycles. The van der Waals surface area contributed by atoms with Gasteiger partial charge in [-0.25, -0.2) is 14.6 Å². The van der Waals surface area contributed by atoms with Crippen LogP contribution in [0.25, 0.3) is 16.6 Å². The number of rotatable bonds is 5. The van der Waals surface area contributed by atoms with Crippen LogP contribution in [-0.4, -0.2) is 26.3 Å². The molecular formula is C15H17N5. The normalized spacial score (nSPS) is 11.1. The Kier molecular flexibility index (Phi) is 3.69. The zero-order chi connectivity index (χ0) is 13.8. The Balaban J connectivity index is 2.06. The minimum Gasteiger partial charge on any atom is -0.311 e. The molecule has 0 aliphatic carbocycles. The third-order valence-electron chi connectivity index (χ3n) is 3.14. The van der Waals surface area contributed by atoms with E-state index in [2.05, 4.69) is 40.5 Å². The highest BCUT2D eigenvalue weighted by molar-refractivity contribution is 5.88. The van der Waals surface area contributed by atoms with Crippen molar-refractivity contribution in [3.63, 3.8) is 0 Å². The molecule has 0 saturated heterocycles. The molecule has 0 amide bonds. The molecule has 0 aliphatic heterocycles. The highest BCUT2D eigenvalue weighted by Crippen LogP contribution is 2.20. The van der Waals surface area contributed by atoms with Crippen molar-refractivity contribution < 1.29 is 0 Å². The molecule has 2 aromatic heterocycles. The lowest BCUT2D eigenvalue weighted by Gasteiger charge is -2.09. The van der Waals surface area contributed by atoms with E-state index in [0.29, 0.717) is 0 Å². The lowest BCUT2D eigenvalue weighted by molar-refractivity contribution is 0.662. The summed E-state index contributed by atoms with van der Waals surface area (Å²) in [6, 6.07) is 10.3. The average molecular weight is 267 g/mol. The van der Waals surface area contributed by atoms with Gasteiger partial charge >= 0.3 is 0 Å². The van der Waals surface area contributed by atoms with Gasteiger partial charge in [-0.15, -0.1) is 0 Å². The van der Waals surface area contributed by atoms with Crippen LogP contribution in [-0.2, 0) is 6.54 Å². The van der Waals surface area contributed by atoms with E-state index in [1.807, 2.05) is 12.1 Å². The van der Waals surface area contributed by atoms with Gasteiger partial charge in [0.1, 0.15) is 12.7 Å². The minimum atomic E-state index is 0.764. The summed E-state index contributed by atoms with van der Waals surface area (Å²) in [5, 5.41) is 9.83. The zero-order valence-corrected chi connectivity index (χ0v) is 11.5. The number of nitrogens with zero attached hydrogens (tertiary/aromatic N) is 4. The number of nitrogens with one attached hydrogen (secondary N) is 1. The first kappa shape index (κ1) is 12.7. The van der Waals surface area contributed by atoms with Crippen molar-refractivity contribution in [1.82, 2.24) is 25.1 Å². The predicted molar refractivity (Wildman–Crippen MR) is 78.7 cm³/mol. The topological polar surface area (TPSA) is 55.6 Å². The summed E-state index contributed by atoms with van der Waals surface area (Å²) in [5.74, 6) is 0.828. The fraction of sp³-hybridized carbons (Fsp3) is 0.267. The van der Waals surface area contributed by atoms with Crippen molar-refractivity contribution >= 4 is 10.8 Å². The number of pyridine rings is 1. The smallest absolute Gasteiger partial charge is 0.163 e. The number of fused-ring (bicyclic) bond motifs is 1. The molecule has 5 heteroatoms. The largest absolute Gasteiger partial charge is 0.311 e. The first-order valence-corrected chi connectivity index (χ1v) is 6.83. The lowest BCUT2D eigenvalue weighted by atomic mass is 10.1. The maximum absolute atomic E-state index is 4.71. The van der Waals surface area contributed by atoms with Gasteiger partial charge in [0.15, 0.2) is 5.82 Å². The van der Waals surface area contributed by atoms with Gasteiger partial charge in [0.25, 0.3) is 0 Å². The van der Waals surface area contributed by atoms with Gasteiger partial charge in [0, 0.05) is 11.9 Å². The van der Waals surface area contributed by atoms with Crippen LogP contribution in [0.15, 0.2) is 43.0 Å². The van der Waals surface area contributed by atoms with E-state index in [1.165, 1.54) is 11.7 Å². The summed E-state index contributed by atoms with van der Waals surface area (Å²) in [4.78, 5) is 8.72. The van der Waals surface area contributed by atoms with E-state index in [9.17, 15) is 0 Å². The van der Waals surface area contributed by atoms with Crippen molar-refractivity contribution in [2.24, 2.45) is 0 Å². The van der Waals surface area contributed by atoms with Crippen LogP contribution in [0.1, 0.15) is 19.0 Å². The summed E-state index contributed by atoms with van der Waals surface area (Å²) < 4.78 is 1.71. The summed E-state index contributed by atoms with van der Waals surface area (Å²) >= 11 is 0. The molecule has 20 heavy (non-hydrogen) atoms. The van der Waals surface area contributed by atoms with Crippen LogP contribution in [0.5, 0.6) is 0 Å². The Morgan fingerprint density at radius 2 is 2.15 bits per heavy atom. The molecule has 0 atom stereocenters. The third-order valence-corrected chi connectivity index (χ3v) is 3.14. The number of hydrogen-bond donors (Lipinski definition) is 1. The fourth-order valence-corrected chi connectivity index (χ4v) is 2.21. The van der Waals surface area contributed by atoms with Gasteiger partial charge in [-0.1, -0.05) is 31.2 Å². The van der Waals surface area contributed by atoms with Crippen molar-refractivity contribution in [1.29, 1.82) is 0 Å². The second-order valence-corrected chi connectivity index (χ2v) is 4.68. The monoisotopic (exact) mass is 267 g/mol. The van der Waals surface area contributed by atoms with Crippen molar-refractivity contribution in [2.75, 3.05) is 6.54 Å². The van der Waals surface area contributed by atoms with Gasteiger partial charge < -0.3 is 5.32 Å². The van der Waals surface area contributed by atoms with E-state index in [1.54, 1.807) is 11.0 Å². The fourth-order valence-electron chi connectivity index (χ4n) is 2.21. The van der Waals surface area contributed by atoms with Crippen LogP contribution >= 0.6 is 0 Å². The first-order valence-electron chi connectivity index (χ1n) is 6.83. The van der Waals surface area contributed by atoms with Crippen LogP contribution in [0.3, 0.4) is 0 Å². The molecule has 0 bridgehead atoms. The summed E-state index contributed by atoms with van der Waals surface area (Å²) in [7, 11) is 0. The second kappa shape index (κ2) is 5.79. The molecule has 3 rings (SSSR count). The molecule has 102 valence electrons. The maximum Gasteiger partial charge on any atom is 0.163 e. The maximum atomic E-state index is 4.71. The second-order valence-electron chi connectivity index (χ2n) is 4.68. The van der Waals surface area contributed by atoms with Crippen LogP contribution in [0, 0.1) is 0 Å². The Morgan fingerprint density at radius 3 is 2.95 bits per heavy atom. The van der Waals surface area contributed by atoms with Gasteiger partial charge in [0.05, 0.1) is 5.69 Å². The zero-order valence-electron chi connectivity index (χ0n) is 11.5. The number of benzene rings is 1. The molecule has 0 unspecified atom stereocenters. The third kappa shape index (κ3) is 2.53. The first-order chi connectivity index (χ1) is 9.88. The van der Waals surface area contributed by atoms with E-state index in [-0.39, 0.29) is 0 Å². The van der Waals surface area contributed by atoms with E-state index >= 15 is 0 Å². The Bertz CT molecular complexity index is 691. The average Bonchev–Trinajstić information content (AvgIpc) is 3.01. The predicted octanol–water partition coefficient (Wildman–Crippen LogP) is 2.32. The van der Waals surface area contributed by atoms with Crippen molar-refractivity contribution in [2.45, 2.75) is 19.9 Å². The van der Waals surface area contributed by atoms with Crippen LogP contribution in [0.4, 0.5) is 0 Å². The molecule has 0 spiro atoms. The van der Waals surface area contributed by atoms with E-state index < -0.39 is 0 Å². The summed E-state index contributed by atoms with van der Waals surface area (Å²) in [6.07, 6.45) is 4.32. The summed E-state index contributed by atoms with van der Waals surface area (Å²) in [6.45, 7) is 3.91. The standard InChI is InChI=1S/C15H17N5/c1-2-7-16-9-13-8-12-5-3-4-6-14(12)15(19-13)20-11-17-10-18-20/h3-6,8,10-11,16H,2,7,9H2,1H3. The van der Waals surface area contributed by atoms with Crippen LogP contribution in [0.2, 0.25) is 0 Å². The van der Waals surface area contributed by atoms with Gasteiger partial charge in [-0.05, 0) is 24.4 Å². The molecule has 5 nitrogen and oxygen atoms in total. The van der Waals surface area contributed by atoms with E-state index in [0.717, 1.165) is 36.4 Å². The Labute approximate surface area is 117 Å². The van der Waals surface area contributed by atoms with E-state index in [4.69, 9.17) is 4.98 Å². The molecule has 2 heterocycles. The molecule has 1 aromatic carbocycles. The van der Waals surface area contributed by atoms with Gasteiger partial charge in [-0.2, -0.15) is 5.10 Å². The Morgan fingerprint density at radius 1 is 1.25 bits per heavy atom. The number of hydrogen-bond acceptors (Lipinski definition) is 4. The van der Waals surface area contributed by atoms with Gasteiger partial charge in [-0.3, -0.25) is 0 Å². The van der Waals surface area contributed by atoms with Crippen molar-refractivity contribution in [3.05, 3.63) is 48.7 Å². The van der Waals surface area contributed by atoms with Crippen LogP contribution < -0.4 is 5.32 Å². The Hall–Kier alpha value is -2.27. The number of aromatic nitrogens is 4. The van der Waals surface area contributed by atoms with Gasteiger partial charge in [0.2, 0.25) is 0 Å².